The van der Waals surface area contributed by atoms with Gasteiger partial charge >= 0.3 is 0 Å². The van der Waals surface area contributed by atoms with Crippen LogP contribution in [0.25, 0.3) is 21.8 Å². The number of rotatable bonds is 1. The molecule has 5 heteroatoms. The monoisotopic (exact) mass is 419 g/mol. The molecule has 0 N–H and O–H groups in total. The zero-order chi connectivity index (χ0) is 13.6. The first-order chi connectivity index (χ1) is 9.11. The molecule has 104 valence electrons. The van der Waals surface area contributed by atoms with Crippen LogP contribution in [-0.4, -0.2) is 7.11 Å². The molecule has 0 aliphatic carbocycles. The van der Waals surface area contributed by atoms with Gasteiger partial charge in [0.2, 0.25) is 11.0 Å². The number of methoxy groups -OCH3 is 1. The van der Waals surface area contributed by atoms with E-state index < -0.39 is 0 Å². The van der Waals surface area contributed by atoms with Gasteiger partial charge in [-0.3, -0.25) is 0 Å². The minimum Gasteiger partial charge on any atom is -1.00 e. The summed E-state index contributed by atoms with van der Waals surface area (Å²) in [6.07, 6.45) is 0. The summed E-state index contributed by atoms with van der Waals surface area (Å²) >= 11 is 12.6. The summed E-state index contributed by atoms with van der Waals surface area (Å²) in [6.45, 7) is 0. The maximum Gasteiger partial charge on any atom is 0.215 e. The second-order valence-electron chi connectivity index (χ2n) is 4.42. The molecular formula is C15H12Cl2INO. The van der Waals surface area contributed by atoms with Gasteiger partial charge in [-0.15, -0.1) is 0 Å². The lowest BCUT2D eigenvalue weighted by atomic mass is 10.1. The maximum absolute atomic E-state index is 6.52. The van der Waals surface area contributed by atoms with E-state index in [4.69, 9.17) is 27.9 Å². The van der Waals surface area contributed by atoms with Gasteiger partial charge in [0, 0.05) is 17.2 Å². The molecule has 0 fully saturated rings. The number of fused-ring (bicyclic) bond motifs is 2. The van der Waals surface area contributed by atoms with Gasteiger partial charge in [-0.05, 0) is 24.3 Å². The van der Waals surface area contributed by atoms with Gasteiger partial charge in [-0.2, -0.15) is 4.57 Å². The lowest BCUT2D eigenvalue weighted by molar-refractivity contribution is -0.617. The quantitative estimate of drug-likeness (QED) is 0.327. The van der Waals surface area contributed by atoms with Gasteiger partial charge in [-0.1, -0.05) is 23.2 Å². The summed E-state index contributed by atoms with van der Waals surface area (Å²) in [5.41, 5.74) is 2.05. The van der Waals surface area contributed by atoms with E-state index in [0.717, 1.165) is 32.6 Å². The Labute approximate surface area is 144 Å². The lowest BCUT2D eigenvalue weighted by Crippen LogP contribution is -3.00. The van der Waals surface area contributed by atoms with Crippen LogP contribution < -0.4 is 33.3 Å². The van der Waals surface area contributed by atoms with Crippen LogP contribution in [-0.2, 0) is 7.05 Å². The summed E-state index contributed by atoms with van der Waals surface area (Å²) in [5, 5.41) is 3.37. The largest absolute Gasteiger partial charge is 1.00 e. The molecule has 0 saturated heterocycles. The summed E-state index contributed by atoms with van der Waals surface area (Å²) in [7, 11) is 3.65. The molecule has 3 rings (SSSR count). The van der Waals surface area contributed by atoms with Crippen LogP contribution in [0.15, 0.2) is 36.4 Å². The number of pyridine rings is 1. The molecule has 1 aromatic heterocycles. The minimum atomic E-state index is 0. The summed E-state index contributed by atoms with van der Waals surface area (Å²) < 4.78 is 7.34. The Morgan fingerprint density at radius 2 is 1.70 bits per heavy atom. The Balaban J connectivity index is 0.00000147. The van der Waals surface area contributed by atoms with Crippen LogP contribution in [0.2, 0.25) is 10.0 Å². The van der Waals surface area contributed by atoms with Crippen molar-refractivity contribution in [2.75, 3.05) is 7.11 Å². The average Bonchev–Trinajstić information content (AvgIpc) is 2.44. The number of halogens is 3. The van der Waals surface area contributed by atoms with Crippen molar-refractivity contribution in [3.63, 3.8) is 0 Å². The first-order valence-corrected chi connectivity index (χ1v) is 6.62. The SMILES string of the molecule is COc1ccc2c(c1)c(Cl)c1ccc(Cl)cc1[n+]2C.[I-]. The van der Waals surface area contributed by atoms with Crippen molar-refractivity contribution in [3.05, 3.63) is 46.4 Å². The zero-order valence-corrected chi connectivity index (χ0v) is 14.6. The maximum atomic E-state index is 6.52. The van der Waals surface area contributed by atoms with E-state index in [-0.39, 0.29) is 24.0 Å². The topological polar surface area (TPSA) is 13.1 Å². The summed E-state index contributed by atoms with van der Waals surface area (Å²) in [5.74, 6) is 0.794. The third-order valence-corrected chi connectivity index (χ3v) is 4.00. The highest BCUT2D eigenvalue weighted by Gasteiger charge is 2.17. The zero-order valence-electron chi connectivity index (χ0n) is 11.0. The normalized spacial score (nSPS) is 10.6. The molecule has 0 radical (unpaired) electrons. The van der Waals surface area contributed by atoms with E-state index in [1.165, 1.54) is 0 Å². The highest BCUT2D eigenvalue weighted by atomic mass is 127. The summed E-state index contributed by atoms with van der Waals surface area (Å²) in [4.78, 5) is 0. The van der Waals surface area contributed by atoms with E-state index in [2.05, 4.69) is 4.57 Å². The number of ether oxygens (including phenoxy) is 1. The third kappa shape index (κ3) is 2.43. The van der Waals surface area contributed by atoms with Crippen LogP contribution in [0.1, 0.15) is 0 Å². The Morgan fingerprint density at radius 1 is 0.950 bits per heavy atom. The number of aromatic nitrogens is 1. The van der Waals surface area contributed by atoms with Crippen LogP contribution in [0.3, 0.4) is 0 Å². The van der Waals surface area contributed by atoms with Gasteiger partial charge in [-0.25, -0.2) is 0 Å². The van der Waals surface area contributed by atoms with Crippen LogP contribution in [0.4, 0.5) is 0 Å². The van der Waals surface area contributed by atoms with Crippen molar-refractivity contribution in [1.82, 2.24) is 0 Å². The molecule has 0 saturated carbocycles. The minimum absolute atomic E-state index is 0. The highest BCUT2D eigenvalue weighted by molar-refractivity contribution is 6.40. The fourth-order valence-corrected chi connectivity index (χ4v) is 2.83. The Kier molecular flexibility index (Phi) is 4.62. The lowest BCUT2D eigenvalue weighted by Gasteiger charge is -2.07. The molecule has 0 spiro atoms. The third-order valence-electron chi connectivity index (χ3n) is 3.36. The van der Waals surface area contributed by atoms with E-state index in [0.29, 0.717) is 5.02 Å². The molecule has 0 unspecified atom stereocenters. The molecule has 3 aromatic rings. The molecule has 2 nitrogen and oxygen atoms in total. The van der Waals surface area contributed by atoms with Crippen molar-refractivity contribution in [2.45, 2.75) is 0 Å². The van der Waals surface area contributed by atoms with E-state index in [1.807, 2.05) is 43.4 Å². The Morgan fingerprint density at radius 3 is 2.40 bits per heavy atom. The standard InChI is InChI=1S/C15H12Cl2NO.HI/c1-18-13-6-4-10(19-2)8-12(13)15(17)11-5-3-9(16)7-14(11)18;/h3-8H,1-2H3;1H/q+1;/p-1. The number of aryl methyl sites for hydroxylation is 1. The fraction of sp³-hybridized carbons (Fsp3) is 0.133. The smallest absolute Gasteiger partial charge is 0.215 e. The van der Waals surface area contributed by atoms with Gasteiger partial charge in [0.15, 0.2) is 0 Å². The van der Waals surface area contributed by atoms with Gasteiger partial charge in [0.1, 0.15) is 12.8 Å². The Bertz CT molecular complexity index is 805. The van der Waals surface area contributed by atoms with Crippen molar-refractivity contribution in [2.24, 2.45) is 7.05 Å². The van der Waals surface area contributed by atoms with E-state index in [9.17, 15) is 0 Å². The van der Waals surface area contributed by atoms with Crippen molar-refractivity contribution in [1.29, 1.82) is 0 Å². The number of hydrogen-bond acceptors (Lipinski definition) is 1. The van der Waals surface area contributed by atoms with Gasteiger partial charge in [0.05, 0.1) is 22.9 Å². The van der Waals surface area contributed by atoms with Gasteiger partial charge in [0.25, 0.3) is 0 Å². The van der Waals surface area contributed by atoms with Crippen molar-refractivity contribution in [3.8, 4) is 5.75 Å². The number of nitrogens with zero attached hydrogens (tertiary/aromatic N) is 1. The van der Waals surface area contributed by atoms with E-state index in [1.54, 1.807) is 7.11 Å². The fourth-order valence-electron chi connectivity index (χ4n) is 2.35. The first kappa shape index (κ1) is 15.6. The van der Waals surface area contributed by atoms with Crippen LogP contribution in [0, 0.1) is 0 Å². The predicted octanol–water partition coefficient (Wildman–Crippen LogP) is 1.14. The van der Waals surface area contributed by atoms with Crippen molar-refractivity contribution < 1.29 is 33.3 Å². The molecule has 0 amide bonds. The molecule has 1 heterocycles. The predicted molar refractivity (Wildman–Crippen MR) is 79.2 cm³/mol. The van der Waals surface area contributed by atoms with Crippen LogP contribution >= 0.6 is 23.2 Å². The molecule has 2 aromatic carbocycles. The van der Waals surface area contributed by atoms with E-state index >= 15 is 0 Å². The van der Waals surface area contributed by atoms with Crippen LogP contribution in [0.5, 0.6) is 5.75 Å². The molecule has 20 heavy (non-hydrogen) atoms. The molecule has 0 aliphatic rings. The molecule has 0 bridgehead atoms. The van der Waals surface area contributed by atoms with Gasteiger partial charge < -0.3 is 28.7 Å². The summed E-state index contributed by atoms with van der Waals surface area (Å²) in [6, 6.07) is 11.6. The molecular weight excluding hydrogens is 408 g/mol. The molecule has 0 atom stereocenters. The van der Waals surface area contributed by atoms with Crippen molar-refractivity contribution >= 4 is 45.0 Å². The molecule has 0 aliphatic heterocycles. The average molecular weight is 420 g/mol. The first-order valence-electron chi connectivity index (χ1n) is 5.86. The number of benzene rings is 2. The highest BCUT2D eigenvalue weighted by Crippen LogP contribution is 2.32. The number of hydrogen-bond donors (Lipinski definition) is 0. The second-order valence-corrected chi connectivity index (χ2v) is 5.23. The Hall–Kier alpha value is -0.780. The second kappa shape index (κ2) is 5.92.